The second-order valence-corrected chi connectivity index (χ2v) is 23.6. The molecule has 0 atom stereocenters. The standard InChI is InChI=1S/C52H84N2.2C8H17.Ni/c1-7-11-14-16-18-20-22-24-26-28-30-32-34-45-37-43(5)39-47(41-45)51-49(10-4)50(36-13-9-3)52(54(51)53)48-40-44(6)38-46(42-48)35-33-31-29-27-25-23-21-19-17-15-12-8-2;2*1-3-5-7-8-6-4-2;/h37-42H,7-36H2,1-6H3;2*1,3-8H2,2H3;. The molecule has 0 saturated carbocycles. The van der Waals surface area contributed by atoms with Gasteiger partial charge in [0.05, 0.1) is 0 Å². The quantitative estimate of drug-likeness (QED) is 0.0359. The van der Waals surface area contributed by atoms with Gasteiger partial charge < -0.3 is 5.53 Å². The summed E-state index contributed by atoms with van der Waals surface area (Å²) in [7, 11) is 0. The Kier molecular flexibility index (Phi) is 41.7. The van der Waals surface area contributed by atoms with Crippen LogP contribution in [0, 0.1) is 13.8 Å². The van der Waals surface area contributed by atoms with Gasteiger partial charge in [-0.1, -0.05) is 199 Å². The van der Waals surface area contributed by atoms with Gasteiger partial charge in [0.25, 0.3) is 0 Å². The molecule has 2 aromatic rings. The van der Waals surface area contributed by atoms with Crippen LogP contribution in [0.25, 0.3) is 16.9 Å². The Labute approximate surface area is 450 Å². The van der Waals surface area contributed by atoms with Crippen LogP contribution >= 0.6 is 0 Å². The summed E-state index contributed by atoms with van der Waals surface area (Å²) in [5, 5.41) is 2.85. The summed E-state index contributed by atoms with van der Waals surface area (Å²) < 4.78 is 1.59. The first-order valence-electron chi connectivity index (χ1n) is 31.5. The van der Waals surface area contributed by atoms with Crippen molar-refractivity contribution < 1.29 is 19.1 Å². The summed E-state index contributed by atoms with van der Waals surface area (Å²) in [4.78, 5) is 0. The van der Waals surface area contributed by atoms with Gasteiger partial charge in [0.15, 0.2) is 0 Å². The summed E-state index contributed by atoms with van der Waals surface area (Å²) in [5.74, 6) is 0. The van der Waals surface area contributed by atoms with Gasteiger partial charge in [0, 0.05) is 22.3 Å². The van der Waals surface area contributed by atoms with Crippen molar-refractivity contribution in [3.63, 3.8) is 0 Å². The van der Waals surface area contributed by atoms with E-state index < -0.39 is 0 Å². The van der Waals surface area contributed by atoms with Crippen molar-refractivity contribution in [1.29, 1.82) is 0 Å². The normalized spacial score (nSPS) is 12.8. The summed E-state index contributed by atoms with van der Waals surface area (Å²) in [6.45, 7) is 18.2. The summed E-state index contributed by atoms with van der Waals surface area (Å²) in [6, 6.07) is 14.1. The Morgan fingerprint density at radius 2 is 0.620 bits per heavy atom. The van der Waals surface area contributed by atoms with Gasteiger partial charge in [-0.15, -0.1) is 0 Å². The molecular weight excluding hydrogens is 903 g/mol. The van der Waals surface area contributed by atoms with Crippen molar-refractivity contribution in [3.05, 3.63) is 86.5 Å². The number of benzene rings is 2. The van der Waals surface area contributed by atoms with Gasteiger partial charge in [-0.3, -0.25) is 0 Å². The van der Waals surface area contributed by atoms with Gasteiger partial charge in [-0.2, -0.15) is 0 Å². The zero-order valence-electron chi connectivity index (χ0n) is 48.8. The third-order valence-corrected chi connectivity index (χ3v) is 16.5. The second kappa shape index (κ2) is 45.4. The van der Waals surface area contributed by atoms with E-state index in [2.05, 4.69) is 91.8 Å². The van der Waals surface area contributed by atoms with Crippen molar-refractivity contribution in [1.82, 2.24) is 0 Å². The number of rotatable bonds is 46. The third kappa shape index (κ3) is 30.9. The van der Waals surface area contributed by atoms with Crippen LogP contribution in [-0.2, 0) is 27.3 Å². The fourth-order valence-corrected chi connectivity index (χ4v) is 12.1. The van der Waals surface area contributed by atoms with Crippen molar-refractivity contribution in [2.75, 3.05) is 0 Å². The molecule has 3 heteroatoms. The molecule has 1 aliphatic rings. The number of hydrogen-bond donors (Lipinski definition) is 0. The molecule has 0 bridgehead atoms. The number of hydrogen-bond acceptors (Lipinski definition) is 0. The van der Waals surface area contributed by atoms with E-state index in [4.69, 9.17) is 0 Å². The molecule has 0 saturated heterocycles. The van der Waals surface area contributed by atoms with Crippen LogP contribution in [0.3, 0.4) is 0 Å². The number of unbranched alkanes of at least 4 members (excludes halogenated alkanes) is 33. The zero-order valence-corrected chi connectivity index (χ0v) is 49.8. The van der Waals surface area contributed by atoms with E-state index in [0.29, 0.717) is 0 Å². The van der Waals surface area contributed by atoms with Crippen LogP contribution in [0.15, 0.2) is 47.5 Å². The van der Waals surface area contributed by atoms with E-state index in [1.54, 1.807) is 4.70 Å². The Morgan fingerprint density at radius 3 is 0.944 bits per heavy atom. The Hall–Kier alpha value is -1.99. The van der Waals surface area contributed by atoms with Gasteiger partial charge in [-0.05, 0) is 94.2 Å². The van der Waals surface area contributed by atoms with Crippen LogP contribution in [0.2, 0.25) is 10.8 Å². The Bertz CT molecular complexity index is 1650. The average Bonchev–Trinajstić information content (AvgIpc) is 3.65. The molecule has 0 unspecified atom stereocenters. The minimum atomic E-state index is 0.925. The molecule has 1 heterocycles. The van der Waals surface area contributed by atoms with Crippen molar-refractivity contribution in [3.8, 4) is 0 Å². The van der Waals surface area contributed by atoms with E-state index in [1.165, 1.54) is 286 Å². The number of nitrogens with zero attached hydrogens (tertiary/aromatic N) is 2. The summed E-state index contributed by atoms with van der Waals surface area (Å²) >= 11 is 2.01. The molecule has 0 amide bonds. The van der Waals surface area contributed by atoms with E-state index in [1.807, 2.05) is 14.4 Å². The van der Waals surface area contributed by atoms with Crippen LogP contribution in [-0.4, -0.2) is 4.70 Å². The van der Waals surface area contributed by atoms with Crippen LogP contribution < -0.4 is 0 Å². The number of allylic oxidation sites excluding steroid dienone is 2. The molecule has 71 heavy (non-hydrogen) atoms. The summed E-state index contributed by atoms with van der Waals surface area (Å²) in [5.41, 5.74) is 24.7. The molecule has 2 nitrogen and oxygen atoms in total. The molecule has 2 aromatic carbocycles. The first-order chi connectivity index (χ1) is 34.8. The van der Waals surface area contributed by atoms with Gasteiger partial charge in [0.2, 0.25) is 11.4 Å². The van der Waals surface area contributed by atoms with Crippen LogP contribution in [0.1, 0.15) is 332 Å². The molecular formula is C68H118N2Ni. The molecule has 1 aliphatic heterocycles. The Morgan fingerprint density at radius 1 is 0.324 bits per heavy atom. The first-order valence-corrected chi connectivity index (χ1v) is 32.9. The maximum atomic E-state index is 12.2. The van der Waals surface area contributed by atoms with E-state index in [0.717, 1.165) is 49.9 Å². The van der Waals surface area contributed by atoms with E-state index >= 15 is 0 Å². The minimum absolute atomic E-state index is 0.925. The second-order valence-electron chi connectivity index (χ2n) is 22.1. The maximum absolute atomic E-state index is 12.2. The van der Waals surface area contributed by atoms with E-state index in [9.17, 15) is 5.53 Å². The Balaban J connectivity index is 0.000000862. The number of aryl methyl sites for hydroxylation is 4. The predicted molar refractivity (Wildman–Crippen MR) is 316 cm³/mol. The van der Waals surface area contributed by atoms with Crippen LogP contribution in [0.4, 0.5) is 0 Å². The molecule has 0 N–H and O–H groups in total. The fraction of sp³-hybridized carbons (Fsp3) is 0.765. The molecule has 410 valence electrons. The van der Waals surface area contributed by atoms with Crippen LogP contribution in [0.5, 0.6) is 0 Å². The molecule has 3 rings (SSSR count). The molecule has 0 spiro atoms. The van der Waals surface area contributed by atoms with Gasteiger partial charge in [0.1, 0.15) is 0 Å². The molecule has 0 radical (unpaired) electrons. The van der Waals surface area contributed by atoms with Gasteiger partial charge in [-0.25, -0.2) is 4.70 Å². The molecule has 0 aromatic heterocycles. The van der Waals surface area contributed by atoms with Crippen molar-refractivity contribution in [2.24, 2.45) is 0 Å². The monoisotopic (exact) mass is 1020 g/mol. The average molecular weight is 1020 g/mol. The van der Waals surface area contributed by atoms with Gasteiger partial charge >= 0.3 is 116 Å². The predicted octanol–water partition coefficient (Wildman–Crippen LogP) is 24.2. The van der Waals surface area contributed by atoms with E-state index in [-0.39, 0.29) is 0 Å². The molecule has 0 aliphatic carbocycles. The SMILES string of the molecule is CCCCCCCCCCCCCCc1cc(C)cc(C2=C(CC)C(CCCC)=C(c3cc(C)cc(CCCCCCCCCCCCCC)c3)[N+]2=[N-])c1.CCCCCCC[CH2][Ni][CH2]CCCCCCC. The third-order valence-electron chi connectivity index (χ3n) is 15.1. The molecule has 0 fully saturated rings. The first kappa shape index (κ1) is 65.1. The van der Waals surface area contributed by atoms with Crippen molar-refractivity contribution >= 4 is 11.4 Å². The zero-order chi connectivity index (χ0) is 51.4. The summed E-state index contributed by atoms with van der Waals surface area (Å²) in [6.07, 6.45) is 57.0. The fourth-order valence-electron chi connectivity index (χ4n) is 10.8. The topological polar surface area (TPSA) is 25.3 Å². The van der Waals surface area contributed by atoms with Crippen molar-refractivity contribution in [2.45, 2.75) is 336 Å².